The molecule has 0 amide bonds. The maximum atomic E-state index is 13.2. The molecule has 0 aliphatic heterocycles. The molecule has 1 nitrogen and oxygen atoms in total. The number of halogens is 2. The number of hydrogen-bond donors (Lipinski definition) is 0. The van der Waals surface area contributed by atoms with E-state index in [0.717, 1.165) is 16.4 Å². The average Bonchev–Trinajstić information content (AvgIpc) is 2.57. The second kappa shape index (κ2) is 3.07. The lowest BCUT2D eigenvalue weighted by molar-refractivity contribution is 0.624. The van der Waals surface area contributed by atoms with E-state index in [1.807, 2.05) is 24.3 Å². The summed E-state index contributed by atoms with van der Waals surface area (Å²) in [6.45, 7) is 0. The number of rotatable bonds is 0. The highest BCUT2D eigenvalue weighted by molar-refractivity contribution is 9.10. The molecule has 74 valence electrons. The van der Waals surface area contributed by atoms with E-state index in [1.54, 1.807) is 0 Å². The fourth-order valence-electron chi connectivity index (χ4n) is 1.75. The Morgan fingerprint density at radius 2 is 1.87 bits per heavy atom. The molecule has 0 unspecified atom stereocenters. The molecule has 3 heteroatoms. The molecule has 0 aliphatic carbocycles. The number of para-hydroxylation sites is 1. The monoisotopic (exact) mass is 264 g/mol. The Kier molecular flexibility index (Phi) is 1.83. The zero-order chi connectivity index (χ0) is 10.4. The standard InChI is InChI=1S/C12H6BrFO/c13-10-6-7(14)5-9-8-3-1-2-4-11(8)15-12(9)10/h1-6H. The van der Waals surface area contributed by atoms with Crippen molar-refractivity contribution in [2.45, 2.75) is 0 Å². The van der Waals surface area contributed by atoms with Gasteiger partial charge in [0.1, 0.15) is 17.0 Å². The molecule has 15 heavy (non-hydrogen) atoms. The summed E-state index contributed by atoms with van der Waals surface area (Å²) in [5.74, 6) is -0.263. The van der Waals surface area contributed by atoms with Crippen LogP contribution in [0.3, 0.4) is 0 Å². The first kappa shape index (κ1) is 8.92. The van der Waals surface area contributed by atoms with E-state index < -0.39 is 0 Å². The van der Waals surface area contributed by atoms with Gasteiger partial charge >= 0.3 is 0 Å². The fourth-order valence-corrected chi connectivity index (χ4v) is 2.27. The summed E-state index contributed by atoms with van der Waals surface area (Å²) < 4.78 is 19.5. The van der Waals surface area contributed by atoms with Gasteiger partial charge in [0.2, 0.25) is 0 Å². The van der Waals surface area contributed by atoms with Gasteiger partial charge in [0.15, 0.2) is 0 Å². The van der Waals surface area contributed by atoms with Crippen LogP contribution in [0.4, 0.5) is 4.39 Å². The maximum absolute atomic E-state index is 13.2. The molecule has 1 aromatic heterocycles. The third kappa shape index (κ3) is 1.27. The van der Waals surface area contributed by atoms with Gasteiger partial charge in [-0.1, -0.05) is 18.2 Å². The van der Waals surface area contributed by atoms with Crippen molar-refractivity contribution in [3.63, 3.8) is 0 Å². The Morgan fingerprint density at radius 1 is 1.07 bits per heavy atom. The van der Waals surface area contributed by atoms with Crippen molar-refractivity contribution >= 4 is 37.9 Å². The van der Waals surface area contributed by atoms with Crippen LogP contribution in [0.5, 0.6) is 0 Å². The molecule has 0 aliphatic rings. The fraction of sp³-hybridized carbons (Fsp3) is 0. The van der Waals surface area contributed by atoms with Gasteiger partial charge in [-0.3, -0.25) is 0 Å². The summed E-state index contributed by atoms with van der Waals surface area (Å²) in [6, 6.07) is 10.5. The van der Waals surface area contributed by atoms with Crippen molar-refractivity contribution < 1.29 is 8.81 Å². The zero-order valence-electron chi connectivity index (χ0n) is 7.63. The van der Waals surface area contributed by atoms with Crippen LogP contribution in [0.1, 0.15) is 0 Å². The predicted molar refractivity (Wildman–Crippen MR) is 61.4 cm³/mol. The van der Waals surface area contributed by atoms with Gasteiger partial charge in [-0.2, -0.15) is 0 Å². The summed E-state index contributed by atoms with van der Waals surface area (Å²) >= 11 is 3.29. The van der Waals surface area contributed by atoms with E-state index in [9.17, 15) is 4.39 Å². The number of hydrogen-bond acceptors (Lipinski definition) is 1. The van der Waals surface area contributed by atoms with Gasteiger partial charge in [-0.25, -0.2) is 4.39 Å². The Bertz CT molecular complexity index is 657. The Hall–Kier alpha value is -1.35. The summed E-state index contributed by atoms with van der Waals surface area (Å²) in [6.07, 6.45) is 0. The summed E-state index contributed by atoms with van der Waals surface area (Å²) in [7, 11) is 0. The van der Waals surface area contributed by atoms with Crippen molar-refractivity contribution in [3.8, 4) is 0 Å². The second-order valence-corrected chi connectivity index (χ2v) is 4.22. The van der Waals surface area contributed by atoms with Gasteiger partial charge in [0.25, 0.3) is 0 Å². The van der Waals surface area contributed by atoms with Crippen LogP contribution in [0.25, 0.3) is 21.9 Å². The van der Waals surface area contributed by atoms with E-state index in [4.69, 9.17) is 4.42 Å². The molecule has 0 saturated heterocycles. The molecular formula is C12H6BrFO. The van der Waals surface area contributed by atoms with Crippen molar-refractivity contribution in [3.05, 3.63) is 46.7 Å². The van der Waals surface area contributed by atoms with Crippen molar-refractivity contribution in [2.24, 2.45) is 0 Å². The Morgan fingerprint density at radius 3 is 2.73 bits per heavy atom. The van der Waals surface area contributed by atoms with Crippen LogP contribution in [0, 0.1) is 5.82 Å². The first-order valence-corrected chi connectivity index (χ1v) is 5.31. The molecule has 0 fully saturated rings. The lowest BCUT2D eigenvalue weighted by atomic mass is 10.1. The topological polar surface area (TPSA) is 13.1 Å². The zero-order valence-corrected chi connectivity index (χ0v) is 9.21. The highest BCUT2D eigenvalue weighted by Crippen LogP contribution is 2.33. The van der Waals surface area contributed by atoms with Crippen LogP contribution in [-0.4, -0.2) is 0 Å². The van der Waals surface area contributed by atoms with E-state index >= 15 is 0 Å². The first-order valence-electron chi connectivity index (χ1n) is 4.52. The van der Waals surface area contributed by atoms with Gasteiger partial charge < -0.3 is 4.42 Å². The van der Waals surface area contributed by atoms with Crippen LogP contribution >= 0.6 is 15.9 Å². The third-order valence-corrected chi connectivity index (χ3v) is 2.99. The van der Waals surface area contributed by atoms with E-state index in [1.165, 1.54) is 12.1 Å². The lowest BCUT2D eigenvalue weighted by Crippen LogP contribution is -1.74. The molecular weight excluding hydrogens is 259 g/mol. The van der Waals surface area contributed by atoms with Gasteiger partial charge in [-0.15, -0.1) is 0 Å². The van der Waals surface area contributed by atoms with Crippen molar-refractivity contribution in [1.82, 2.24) is 0 Å². The minimum absolute atomic E-state index is 0.263. The molecule has 1 heterocycles. The number of benzene rings is 2. The number of furan rings is 1. The molecule has 0 saturated carbocycles. The smallest absolute Gasteiger partial charge is 0.149 e. The van der Waals surface area contributed by atoms with Gasteiger partial charge in [0, 0.05) is 10.8 Å². The summed E-state index contributed by atoms with van der Waals surface area (Å²) in [5.41, 5.74) is 1.47. The SMILES string of the molecule is Fc1cc(Br)c2oc3ccccc3c2c1. The molecule has 3 aromatic rings. The Balaban J connectivity index is 2.61. The molecule has 2 aromatic carbocycles. The first-order chi connectivity index (χ1) is 7.25. The molecule has 0 radical (unpaired) electrons. The third-order valence-electron chi connectivity index (χ3n) is 2.40. The molecule has 0 bridgehead atoms. The lowest BCUT2D eigenvalue weighted by Gasteiger charge is -1.93. The highest BCUT2D eigenvalue weighted by Gasteiger charge is 2.10. The minimum atomic E-state index is -0.263. The molecule has 0 atom stereocenters. The van der Waals surface area contributed by atoms with Gasteiger partial charge in [0.05, 0.1) is 4.47 Å². The Labute approximate surface area is 93.6 Å². The van der Waals surface area contributed by atoms with Gasteiger partial charge in [-0.05, 0) is 34.1 Å². The average molecular weight is 265 g/mol. The van der Waals surface area contributed by atoms with E-state index in [2.05, 4.69) is 15.9 Å². The minimum Gasteiger partial charge on any atom is -0.455 e. The molecule has 3 rings (SSSR count). The normalized spacial score (nSPS) is 11.3. The van der Waals surface area contributed by atoms with Crippen LogP contribution in [-0.2, 0) is 0 Å². The van der Waals surface area contributed by atoms with E-state index in [-0.39, 0.29) is 5.82 Å². The molecule has 0 N–H and O–H groups in total. The maximum Gasteiger partial charge on any atom is 0.149 e. The number of fused-ring (bicyclic) bond motifs is 3. The highest BCUT2D eigenvalue weighted by atomic mass is 79.9. The second-order valence-electron chi connectivity index (χ2n) is 3.36. The predicted octanol–water partition coefficient (Wildman–Crippen LogP) is 4.49. The van der Waals surface area contributed by atoms with Crippen molar-refractivity contribution in [1.29, 1.82) is 0 Å². The summed E-state index contributed by atoms with van der Waals surface area (Å²) in [5, 5.41) is 1.74. The van der Waals surface area contributed by atoms with Crippen LogP contribution in [0.15, 0.2) is 45.3 Å². The summed E-state index contributed by atoms with van der Waals surface area (Å²) in [4.78, 5) is 0. The van der Waals surface area contributed by atoms with Crippen LogP contribution < -0.4 is 0 Å². The quantitative estimate of drug-likeness (QED) is 0.583. The molecule has 0 spiro atoms. The van der Waals surface area contributed by atoms with E-state index in [0.29, 0.717) is 10.1 Å². The van der Waals surface area contributed by atoms with Crippen molar-refractivity contribution in [2.75, 3.05) is 0 Å². The largest absolute Gasteiger partial charge is 0.455 e. The van der Waals surface area contributed by atoms with Crippen LogP contribution in [0.2, 0.25) is 0 Å².